The molecule has 0 saturated heterocycles. The van der Waals surface area contributed by atoms with Crippen LogP contribution in [0.1, 0.15) is 56.9 Å². The number of esters is 1. The maximum absolute atomic E-state index is 11.6. The van der Waals surface area contributed by atoms with Crippen LogP contribution >= 0.6 is 0 Å². The molecule has 0 aliphatic rings. The van der Waals surface area contributed by atoms with E-state index in [1.165, 1.54) is 19.3 Å². The van der Waals surface area contributed by atoms with Gasteiger partial charge >= 0.3 is 5.97 Å². The van der Waals surface area contributed by atoms with E-state index in [0.29, 0.717) is 13.0 Å². The molecule has 1 aromatic rings. The van der Waals surface area contributed by atoms with Crippen LogP contribution in [0.15, 0.2) is 43.0 Å². The lowest BCUT2D eigenvalue weighted by Crippen LogP contribution is -2.23. The van der Waals surface area contributed by atoms with Gasteiger partial charge in [-0.3, -0.25) is 4.79 Å². The second-order valence-corrected chi connectivity index (χ2v) is 6.29. The van der Waals surface area contributed by atoms with Gasteiger partial charge in [0.05, 0.1) is 13.2 Å². The molecule has 0 fully saturated rings. The van der Waals surface area contributed by atoms with Crippen molar-refractivity contribution in [3.05, 3.63) is 48.6 Å². The van der Waals surface area contributed by atoms with Gasteiger partial charge in [0.15, 0.2) is 0 Å². The molecular formula is C21H32O4. The minimum absolute atomic E-state index is 0.00479. The van der Waals surface area contributed by atoms with E-state index < -0.39 is 6.10 Å². The highest BCUT2D eigenvalue weighted by Gasteiger charge is 2.09. The van der Waals surface area contributed by atoms with Crippen LogP contribution in [0, 0.1) is 0 Å². The fourth-order valence-electron chi connectivity index (χ4n) is 2.46. The van der Waals surface area contributed by atoms with E-state index in [1.54, 1.807) is 0 Å². The number of rotatable bonds is 15. The zero-order valence-corrected chi connectivity index (χ0v) is 15.2. The number of hydrogen-bond donors (Lipinski definition) is 1. The summed E-state index contributed by atoms with van der Waals surface area (Å²) in [5, 5.41) is 9.78. The number of unbranched alkanes of at least 4 members (excludes halogenated alkanes) is 6. The second-order valence-electron chi connectivity index (χ2n) is 6.29. The first-order valence-electron chi connectivity index (χ1n) is 9.28. The Morgan fingerprint density at radius 3 is 2.44 bits per heavy atom. The largest absolute Gasteiger partial charge is 0.463 e. The van der Waals surface area contributed by atoms with Gasteiger partial charge in [-0.05, 0) is 24.8 Å². The van der Waals surface area contributed by atoms with Crippen LogP contribution in [0.25, 0.3) is 0 Å². The van der Waals surface area contributed by atoms with Crippen LogP contribution in [0.5, 0.6) is 0 Å². The summed E-state index contributed by atoms with van der Waals surface area (Å²) in [6.07, 6.45) is 9.37. The molecule has 25 heavy (non-hydrogen) atoms. The Bertz CT molecular complexity index is 458. The summed E-state index contributed by atoms with van der Waals surface area (Å²) < 4.78 is 10.5. The molecule has 0 spiro atoms. The Morgan fingerprint density at radius 2 is 1.72 bits per heavy atom. The summed E-state index contributed by atoms with van der Waals surface area (Å²) in [5.41, 5.74) is 1.05. The average molecular weight is 348 g/mol. The van der Waals surface area contributed by atoms with E-state index in [1.807, 2.05) is 36.4 Å². The van der Waals surface area contributed by atoms with E-state index in [9.17, 15) is 9.90 Å². The quantitative estimate of drug-likeness (QED) is 0.290. The fraction of sp³-hybridized carbons (Fsp3) is 0.571. The highest BCUT2D eigenvalue weighted by atomic mass is 16.5. The van der Waals surface area contributed by atoms with Crippen molar-refractivity contribution in [1.29, 1.82) is 0 Å². The second kappa shape index (κ2) is 14.7. The normalized spacial score (nSPS) is 11.9. The highest BCUT2D eigenvalue weighted by molar-refractivity contribution is 5.69. The number of carbonyl (C=O) groups is 1. The van der Waals surface area contributed by atoms with Gasteiger partial charge in [0.2, 0.25) is 0 Å². The molecule has 1 atom stereocenters. The van der Waals surface area contributed by atoms with E-state index in [4.69, 9.17) is 9.47 Å². The van der Waals surface area contributed by atoms with Crippen LogP contribution in [-0.2, 0) is 20.9 Å². The van der Waals surface area contributed by atoms with Gasteiger partial charge < -0.3 is 14.6 Å². The Balaban J connectivity index is 1.93. The summed E-state index contributed by atoms with van der Waals surface area (Å²) in [6.45, 7) is 4.31. The maximum atomic E-state index is 11.6. The minimum Gasteiger partial charge on any atom is -0.463 e. The molecule has 0 saturated carbocycles. The van der Waals surface area contributed by atoms with Gasteiger partial charge in [0.1, 0.15) is 12.7 Å². The fourth-order valence-corrected chi connectivity index (χ4v) is 2.46. The van der Waals surface area contributed by atoms with E-state index in [-0.39, 0.29) is 19.2 Å². The molecular weight excluding hydrogens is 316 g/mol. The topological polar surface area (TPSA) is 55.8 Å². The molecule has 0 bridgehead atoms. The first-order chi connectivity index (χ1) is 12.2. The Morgan fingerprint density at radius 1 is 1.04 bits per heavy atom. The SMILES string of the molecule is C=CCCCCCCCCC(=O)OC[C@@H](O)COCc1ccccc1. The van der Waals surface area contributed by atoms with Crippen LogP contribution in [0.4, 0.5) is 0 Å². The molecule has 1 aromatic carbocycles. The minimum atomic E-state index is -0.780. The molecule has 1 rings (SSSR count). The zero-order chi connectivity index (χ0) is 18.2. The summed E-state index contributed by atoms with van der Waals surface area (Å²) in [5.74, 6) is -0.242. The smallest absolute Gasteiger partial charge is 0.305 e. The summed E-state index contributed by atoms with van der Waals surface area (Å²) in [7, 11) is 0. The summed E-state index contributed by atoms with van der Waals surface area (Å²) in [6, 6.07) is 9.76. The van der Waals surface area contributed by atoms with Crippen molar-refractivity contribution in [1.82, 2.24) is 0 Å². The number of aliphatic hydroxyl groups is 1. The van der Waals surface area contributed by atoms with E-state index in [2.05, 4.69) is 6.58 Å². The van der Waals surface area contributed by atoms with Crippen molar-refractivity contribution in [3.63, 3.8) is 0 Å². The number of ether oxygens (including phenoxy) is 2. The third-order valence-electron chi connectivity index (χ3n) is 3.90. The molecule has 4 heteroatoms. The molecule has 0 amide bonds. The number of hydrogen-bond acceptors (Lipinski definition) is 4. The van der Waals surface area contributed by atoms with Crippen molar-refractivity contribution < 1.29 is 19.4 Å². The molecule has 140 valence electrons. The molecule has 4 nitrogen and oxygen atoms in total. The molecule has 0 radical (unpaired) electrons. The molecule has 0 heterocycles. The lowest BCUT2D eigenvalue weighted by atomic mass is 10.1. The molecule has 1 N–H and O–H groups in total. The van der Waals surface area contributed by atoms with Crippen LogP contribution in [-0.4, -0.2) is 30.4 Å². The number of aliphatic hydroxyl groups excluding tert-OH is 1. The van der Waals surface area contributed by atoms with E-state index in [0.717, 1.165) is 31.2 Å². The summed E-state index contributed by atoms with van der Waals surface area (Å²) in [4.78, 5) is 11.6. The molecule has 0 aliphatic carbocycles. The predicted octanol–water partition coefficient (Wildman–Crippen LogP) is 4.41. The highest BCUT2D eigenvalue weighted by Crippen LogP contribution is 2.09. The maximum Gasteiger partial charge on any atom is 0.305 e. The molecule has 0 aliphatic heterocycles. The first kappa shape index (κ1) is 21.4. The average Bonchev–Trinajstić information content (AvgIpc) is 2.63. The number of benzene rings is 1. The monoisotopic (exact) mass is 348 g/mol. The third kappa shape index (κ3) is 12.4. The van der Waals surface area contributed by atoms with Crippen LogP contribution in [0.2, 0.25) is 0 Å². The first-order valence-corrected chi connectivity index (χ1v) is 9.28. The Kier molecular flexibility index (Phi) is 12.6. The number of allylic oxidation sites excluding steroid dienone is 1. The van der Waals surface area contributed by atoms with Crippen molar-refractivity contribution >= 4 is 5.97 Å². The summed E-state index contributed by atoms with van der Waals surface area (Å²) >= 11 is 0. The van der Waals surface area contributed by atoms with Gasteiger partial charge in [-0.25, -0.2) is 0 Å². The van der Waals surface area contributed by atoms with Gasteiger partial charge in [0, 0.05) is 6.42 Å². The van der Waals surface area contributed by atoms with Crippen molar-refractivity contribution in [2.75, 3.05) is 13.2 Å². The molecule has 0 aromatic heterocycles. The number of carbonyl (C=O) groups excluding carboxylic acids is 1. The lowest BCUT2D eigenvalue weighted by molar-refractivity contribution is -0.148. The van der Waals surface area contributed by atoms with Gasteiger partial charge in [-0.1, -0.05) is 62.1 Å². The van der Waals surface area contributed by atoms with Gasteiger partial charge in [-0.2, -0.15) is 0 Å². The Hall–Kier alpha value is -1.65. The van der Waals surface area contributed by atoms with Crippen molar-refractivity contribution in [3.8, 4) is 0 Å². The standard InChI is InChI=1S/C21H32O4/c1-2-3-4-5-6-7-8-12-15-21(23)25-18-20(22)17-24-16-19-13-10-9-11-14-19/h2,9-11,13-14,20,22H,1,3-8,12,15-18H2/t20-/m0/s1. The van der Waals surface area contributed by atoms with E-state index >= 15 is 0 Å². The van der Waals surface area contributed by atoms with Crippen LogP contribution < -0.4 is 0 Å². The van der Waals surface area contributed by atoms with Gasteiger partial charge in [0.25, 0.3) is 0 Å². The van der Waals surface area contributed by atoms with Crippen molar-refractivity contribution in [2.45, 2.75) is 64.1 Å². The zero-order valence-electron chi connectivity index (χ0n) is 15.2. The third-order valence-corrected chi connectivity index (χ3v) is 3.90. The molecule has 0 unspecified atom stereocenters. The van der Waals surface area contributed by atoms with Crippen molar-refractivity contribution in [2.24, 2.45) is 0 Å². The van der Waals surface area contributed by atoms with Gasteiger partial charge in [-0.15, -0.1) is 6.58 Å². The predicted molar refractivity (Wildman–Crippen MR) is 100 cm³/mol. The Labute approximate surface area is 151 Å². The van der Waals surface area contributed by atoms with Crippen LogP contribution in [0.3, 0.4) is 0 Å². The lowest BCUT2D eigenvalue weighted by Gasteiger charge is -2.12.